The minimum atomic E-state index is -4.78. The number of aryl methyl sites for hydroxylation is 1. The fourth-order valence-corrected chi connectivity index (χ4v) is 2.73. The lowest BCUT2D eigenvalue weighted by Crippen LogP contribution is -2.36. The molecule has 0 aliphatic heterocycles. The molecular weight excluding hydrogens is 354 g/mol. The van der Waals surface area contributed by atoms with Crippen LogP contribution < -0.4 is 10.9 Å². The van der Waals surface area contributed by atoms with Crippen LogP contribution >= 0.6 is 0 Å². The monoisotopic (exact) mass is 369 g/mol. The molecule has 1 aromatic carbocycles. The molecule has 0 bridgehead atoms. The summed E-state index contributed by atoms with van der Waals surface area (Å²) in [6.07, 6.45) is -3.46. The summed E-state index contributed by atoms with van der Waals surface area (Å²) in [6.45, 7) is 1.76. The van der Waals surface area contributed by atoms with Crippen LogP contribution in [0.5, 0.6) is 0 Å². The number of amides is 1. The number of aromatic amines is 1. The van der Waals surface area contributed by atoms with Gasteiger partial charge in [0.25, 0.3) is 11.5 Å². The molecule has 0 atom stereocenters. The van der Waals surface area contributed by atoms with E-state index < -0.39 is 34.6 Å². The third-order valence-corrected chi connectivity index (χ3v) is 4.29. The summed E-state index contributed by atoms with van der Waals surface area (Å²) in [4.78, 5) is 30.5. The van der Waals surface area contributed by atoms with E-state index >= 15 is 0 Å². The van der Waals surface area contributed by atoms with Crippen molar-refractivity contribution in [2.75, 3.05) is 0 Å². The SMILES string of the molecule is CCc1nc(C(=O)NC2(c3ccc(C(F)(F)F)c(F)c3)CC2)cc(=O)[nH]1. The van der Waals surface area contributed by atoms with Crippen molar-refractivity contribution in [3.8, 4) is 0 Å². The van der Waals surface area contributed by atoms with E-state index in [0.717, 1.165) is 18.2 Å². The van der Waals surface area contributed by atoms with Gasteiger partial charge < -0.3 is 10.3 Å². The molecule has 1 aliphatic rings. The standard InChI is InChI=1S/C17H15F4N3O2/c1-2-13-22-12(8-14(25)23-13)15(26)24-16(5-6-16)9-3-4-10(11(18)7-9)17(19,20)21/h3-4,7-8H,2,5-6H2,1H3,(H,24,26)(H,22,23,25). The van der Waals surface area contributed by atoms with Crippen molar-refractivity contribution in [3.05, 3.63) is 63.1 Å². The fraction of sp³-hybridized carbons (Fsp3) is 0.353. The third kappa shape index (κ3) is 3.47. The van der Waals surface area contributed by atoms with Gasteiger partial charge in [0.15, 0.2) is 0 Å². The first-order valence-corrected chi connectivity index (χ1v) is 7.94. The first kappa shape index (κ1) is 18.1. The second-order valence-corrected chi connectivity index (χ2v) is 6.16. The van der Waals surface area contributed by atoms with Gasteiger partial charge in [-0.2, -0.15) is 13.2 Å². The maximum atomic E-state index is 13.8. The van der Waals surface area contributed by atoms with Gasteiger partial charge in [0.05, 0.1) is 11.1 Å². The minimum Gasteiger partial charge on any atom is -0.341 e. The van der Waals surface area contributed by atoms with E-state index in [1.807, 2.05) is 0 Å². The molecule has 0 saturated heterocycles. The number of nitrogens with zero attached hydrogens (tertiary/aromatic N) is 1. The van der Waals surface area contributed by atoms with Gasteiger partial charge in [-0.05, 0) is 30.5 Å². The molecule has 3 rings (SSSR count). The highest BCUT2D eigenvalue weighted by Gasteiger charge is 2.47. The Morgan fingerprint density at radius 3 is 2.54 bits per heavy atom. The molecule has 0 radical (unpaired) electrons. The van der Waals surface area contributed by atoms with Crippen molar-refractivity contribution in [3.63, 3.8) is 0 Å². The molecule has 1 fully saturated rings. The number of hydrogen-bond acceptors (Lipinski definition) is 3. The van der Waals surface area contributed by atoms with E-state index in [1.54, 1.807) is 6.92 Å². The summed E-state index contributed by atoms with van der Waals surface area (Å²) in [5, 5.41) is 2.66. The summed E-state index contributed by atoms with van der Waals surface area (Å²) in [5.41, 5.74) is -2.63. The van der Waals surface area contributed by atoms with Gasteiger partial charge in [-0.3, -0.25) is 9.59 Å². The summed E-state index contributed by atoms with van der Waals surface area (Å²) in [5.74, 6) is -1.69. The molecule has 1 amide bonds. The van der Waals surface area contributed by atoms with E-state index in [4.69, 9.17) is 0 Å². The normalized spacial score (nSPS) is 15.6. The van der Waals surface area contributed by atoms with Crippen LogP contribution in [-0.2, 0) is 18.1 Å². The Kier molecular flexibility index (Phi) is 4.33. The highest BCUT2D eigenvalue weighted by atomic mass is 19.4. The molecule has 0 spiro atoms. The van der Waals surface area contributed by atoms with Gasteiger partial charge in [0.2, 0.25) is 0 Å². The lowest BCUT2D eigenvalue weighted by molar-refractivity contribution is -0.140. The second-order valence-electron chi connectivity index (χ2n) is 6.16. The van der Waals surface area contributed by atoms with Crippen molar-refractivity contribution < 1.29 is 22.4 Å². The molecule has 1 aliphatic carbocycles. The molecule has 0 unspecified atom stereocenters. The van der Waals surface area contributed by atoms with Crippen LogP contribution in [0.1, 0.15) is 47.2 Å². The van der Waals surface area contributed by atoms with Crippen LogP contribution in [0.2, 0.25) is 0 Å². The Hall–Kier alpha value is -2.71. The molecule has 1 aromatic heterocycles. The van der Waals surface area contributed by atoms with Gasteiger partial charge in [-0.15, -0.1) is 0 Å². The smallest absolute Gasteiger partial charge is 0.341 e. The van der Waals surface area contributed by atoms with Crippen LogP contribution in [0.25, 0.3) is 0 Å². The zero-order valence-corrected chi connectivity index (χ0v) is 13.7. The Bertz CT molecular complexity index is 917. The van der Waals surface area contributed by atoms with E-state index in [-0.39, 0.29) is 11.3 Å². The lowest BCUT2D eigenvalue weighted by Gasteiger charge is -2.19. The molecule has 26 heavy (non-hydrogen) atoms. The predicted molar refractivity (Wildman–Crippen MR) is 84.0 cm³/mol. The van der Waals surface area contributed by atoms with Crippen molar-refractivity contribution in [2.24, 2.45) is 0 Å². The molecule has 1 saturated carbocycles. The quantitative estimate of drug-likeness (QED) is 0.814. The number of rotatable bonds is 4. The molecule has 2 aromatic rings. The van der Waals surface area contributed by atoms with E-state index in [2.05, 4.69) is 15.3 Å². The average Bonchev–Trinajstić information content (AvgIpc) is 3.33. The zero-order chi connectivity index (χ0) is 19.1. The first-order chi connectivity index (χ1) is 12.1. The van der Waals surface area contributed by atoms with Crippen LogP contribution in [0.4, 0.5) is 17.6 Å². The highest BCUT2D eigenvalue weighted by molar-refractivity contribution is 5.93. The van der Waals surface area contributed by atoms with Gasteiger partial charge in [0.1, 0.15) is 17.3 Å². The van der Waals surface area contributed by atoms with Crippen LogP contribution in [0, 0.1) is 5.82 Å². The number of aromatic nitrogens is 2. The molecular formula is C17H15F4N3O2. The lowest BCUT2D eigenvalue weighted by atomic mass is 10.0. The molecule has 2 N–H and O–H groups in total. The largest absolute Gasteiger partial charge is 0.419 e. The van der Waals surface area contributed by atoms with E-state index in [0.29, 0.717) is 31.2 Å². The number of halogens is 4. The summed E-state index contributed by atoms with van der Waals surface area (Å²) < 4.78 is 51.9. The van der Waals surface area contributed by atoms with Crippen molar-refractivity contribution in [2.45, 2.75) is 37.9 Å². The molecule has 5 nitrogen and oxygen atoms in total. The molecule has 1 heterocycles. The number of carbonyl (C=O) groups excluding carboxylic acids is 1. The van der Waals surface area contributed by atoms with Gasteiger partial charge in [0, 0.05) is 12.5 Å². The Morgan fingerprint density at radius 2 is 2.00 bits per heavy atom. The topological polar surface area (TPSA) is 74.8 Å². The zero-order valence-electron chi connectivity index (χ0n) is 13.7. The molecule has 9 heteroatoms. The summed E-state index contributed by atoms with van der Waals surface area (Å²) in [7, 11) is 0. The summed E-state index contributed by atoms with van der Waals surface area (Å²) in [6, 6.07) is 3.65. The Labute approximate surface area is 145 Å². The molecule has 138 valence electrons. The minimum absolute atomic E-state index is 0.0933. The number of nitrogens with one attached hydrogen (secondary N) is 2. The van der Waals surface area contributed by atoms with E-state index in [9.17, 15) is 27.2 Å². The number of carbonyl (C=O) groups is 1. The van der Waals surface area contributed by atoms with Crippen LogP contribution in [0.15, 0.2) is 29.1 Å². The Morgan fingerprint density at radius 1 is 1.31 bits per heavy atom. The average molecular weight is 369 g/mol. The van der Waals surface area contributed by atoms with Gasteiger partial charge in [-0.1, -0.05) is 13.0 Å². The first-order valence-electron chi connectivity index (χ1n) is 7.94. The number of alkyl halides is 3. The maximum Gasteiger partial charge on any atom is 0.419 e. The highest BCUT2D eigenvalue weighted by Crippen LogP contribution is 2.46. The van der Waals surface area contributed by atoms with E-state index in [1.165, 1.54) is 0 Å². The Balaban J connectivity index is 1.86. The second kappa shape index (κ2) is 6.22. The van der Waals surface area contributed by atoms with Crippen LogP contribution in [0.3, 0.4) is 0 Å². The van der Waals surface area contributed by atoms with Crippen LogP contribution in [-0.4, -0.2) is 15.9 Å². The number of hydrogen-bond donors (Lipinski definition) is 2. The van der Waals surface area contributed by atoms with Gasteiger partial charge in [-0.25, -0.2) is 9.37 Å². The number of benzene rings is 1. The fourth-order valence-electron chi connectivity index (χ4n) is 2.73. The third-order valence-electron chi connectivity index (χ3n) is 4.29. The van der Waals surface area contributed by atoms with Gasteiger partial charge >= 0.3 is 6.18 Å². The predicted octanol–water partition coefficient (Wildman–Crippen LogP) is 2.91. The summed E-state index contributed by atoms with van der Waals surface area (Å²) >= 11 is 0. The maximum absolute atomic E-state index is 13.8. The van der Waals surface area contributed by atoms with Crippen molar-refractivity contribution in [1.29, 1.82) is 0 Å². The van der Waals surface area contributed by atoms with Crippen molar-refractivity contribution >= 4 is 5.91 Å². The van der Waals surface area contributed by atoms with Crippen molar-refractivity contribution in [1.82, 2.24) is 15.3 Å². The number of H-pyrrole nitrogens is 1.